The van der Waals surface area contributed by atoms with E-state index in [1.807, 2.05) is 7.05 Å². The largest absolute Gasteiger partial charge is 0.438 e. The number of amides is 1. The number of fused-ring (bicyclic) bond motifs is 1. The van der Waals surface area contributed by atoms with Gasteiger partial charge in [0.15, 0.2) is 11.5 Å². The Morgan fingerprint density at radius 2 is 1.73 bits per heavy atom. The average Bonchev–Trinajstić information content (AvgIpc) is 3.39. The standard InChI is InChI=1S/C32H31F3N8O2/c1-20-4-5-25(45-31-27-19-42(3)40-29(27)38-28(39-31)22-6-8-36-9-7-22)17-26(20)30(44)37-24-15-21(14-23(16-24)32(33,34)35)18-43-12-10-41(2)11-13-43/h4-9,14-17,19H,10-13,18H2,1-3H3,(H,37,44). The van der Waals surface area contributed by atoms with Gasteiger partial charge in [0.2, 0.25) is 5.88 Å². The number of anilines is 1. The Labute approximate surface area is 257 Å². The Hall–Kier alpha value is -4.88. The summed E-state index contributed by atoms with van der Waals surface area (Å²) in [5.41, 5.74) is 1.75. The molecule has 1 N–H and O–H groups in total. The molecule has 1 saturated heterocycles. The molecule has 232 valence electrons. The number of piperazine rings is 1. The molecule has 0 saturated carbocycles. The van der Waals surface area contributed by atoms with Crippen LogP contribution in [0, 0.1) is 6.92 Å². The number of alkyl halides is 3. The molecule has 3 aromatic heterocycles. The highest BCUT2D eigenvalue weighted by atomic mass is 19.4. The van der Waals surface area contributed by atoms with Crippen molar-refractivity contribution in [3.05, 3.63) is 89.4 Å². The smallest absolute Gasteiger partial charge is 0.416 e. The number of hydrogen-bond acceptors (Lipinski definition) is 8. The van der Waals surface area contributed by atoms with Crippen molar-refractivity contribution in [2.45, 2.75) is 19.6 Å². The predicted octanol–water partition coefficient (Wildman–Crippen LogP) is 5.54. The van der Waals surface area contributed by atoms with E-state index in [4.69, 9.17) is 4.74 Å². The first kappa shape index (κ1) is 30.2. The maximum absolute atomic E-state index is 13.8. The molecule has 1 aliphatic rings. The van der Waals surface area contributed by atoms with Crippen LogP contribution in [-0.2, 0) is 19.8 Å². The van der Waals surface area contributed by atoms with Crippen molar-refractivity contribution in [1.29, 1.82) is 0 Å². The minimum atomic E-state index is -4.56. The molecule has 4 heterocycles. The first-order valence-electron chi connectivity index (χ1n) is 14.4. The minimum Gasteiger partial charge on any atom is -0.438 e. The summed E-state index contributed by atoms with van der Waals surface area (Å²) in [5, 5.41) is 7.65. The number of hydrogen-bond donors (Lipinski definition) is 1. The van der Waals surface area contributed by atoms with Crippen molar-refractivity contribution in [1.82, 2.24) is 34.5 Å². The molecule has 0 spiro atoms. The Morgan fingerprint density at radius 3 is 2.47 bits per heavy atom. The van der Waals surface area contributed by atoms with E-state index in [0.29, 0.717) is 40.3 Å². The van der Waals surface area contributed by atoms with Crippen LogP contribution < -0.4 is 10.1 Å². The number of rotatable bonds is 7. The molecule has 5 aromatic rings. The van der Waals surface area contributed by atoms with Gasteiger partial charge in [0.25, 0.3) is 5.91 Å². The van der Waals surface area contributed by atoms with E-state index >= 15 is 0 Å². The van der Waals surface area contributed by atoms with Crippen molar-refractivity contribution in [2.75, 3.05) is 38.5 Å². The van der Waals surface area contributed by atoms with Crippen LogP contribution in [0.5, 0.6) is 11.6 Å². The number of aromatic nitrogens is 5. The van der Waals surface area contributed by atoms with E-state index in [1.165, 1.54) is 0 Å². The molecule has 0 aliphatic carbocycles. The maximum Gasteiger partial charge on any atom is 0.416 e. The van der Waals surface area contributed by atoms with Crippen molar-refractivity contribution < 1.29 is 22.7 Å². The topological polar surface area (TPSA) is 101 Å². The number of likely N-dealkylation sites (N-methyl/N-ethyl adjacent to an activating group) is 1. The van der Waals surface area contributed by atoms with Crippen LogP contribution in [0.25, 0.3) is 22.4 Å². The van der Waals surface area contributed by atoms with Crippen LogP contribution in [0.15, 0.2) is 67.1 Å². The molecule has 0 unspecified atom stereocenters. The molecule has 0 bridgehead atoms. The van der Waals surface area contributed by atoms with Crippen LogP contribution in [0.1, 0.15) is 27.0 Å². The van der Waals surface area contributed by atoms with Crippen molar-refractivity contribution >= 4 is 22.6 Å². The number of nitrogens with one attached hydrogen (secondary N) is 1. The third-order valence-electron chi connectivity index (χ3n) is 7.65. The lowest BCUT2D eigenvalue weighted by Crippen LogP contribution is -2.43. The van der Waals surface area contributed by atoms with Crippen molar-refractivity contribution in [3.63, 3.8) is 0 Å². The van der Waals surface area contributed by atoms with Gasteiger partial charge in [0, 0.05) is 75.2 Å². The predicted molar refractivity (Wildman–Crippen MR) is 163 cm³/mol. The number of benzene rings is 2. The zero-order chi connectivity index (χ0) is 31.7. The van der Waals surface area contributed by atoms with Gasteiger partial charge in [-0.25, -0.2) is 4.98 Å². The summed E-state index contributed by atoms with van der Waals surface area (Å²) >= 11 is 0. The SMILES string of the molecule is Cc1ccc(Oc2nc(-c3ccncc3)nc3nn(C)cc23)cc1C(=O)Nc1cc(CN2CCN(C)CC2)cc(C(F)(F)F)c1. The van der Waals surface area contributed by atoms with E-state index in [1.54, 1.807) is 73.6 Å². The van der Waals surface area contributed by atoms with Gasteiger partial charge in [0.1, 0.15) is 11.1 Å². The summed E-state index contributed by atoms with van der Waals surface area (Å²) in [6.07, 6.45) is 0.431. The number of carbonyl (C=O) groups excluding carboxylic acids is 1. The molecule has 45 heavy (non-hydrogen) atoms. The molecule has 1 fully saturated rings. The quantitative estimate of drug-likeness (QED) is 0.254. The first-order valence-corrected chi connectivity index (χ1v) is 14.4. The summed E-state index contributed by atoms with van der Waals surface area (Å²) in [5.74, 6) is 0.381. The highest BCUT2D eigenvalue weighted by Crippen LogP contribution is 2.34. The van der Waals surface area contributed by atoms with Gasteiger partial charge >= 0.3 is 6.18 Å². The van der Waals surface area contributed by atoms with Gasteiger partial charge in [-0.15, -0.1) is 0 Å². The normalized spacial score (nSPS) is 14.5. The Morgan fingerprint density at radius 1 is 0.978 bits per heavy atom. The van der Waals surface area contributed by atoms with Crippen LogP contribution >= 0.6 is 0 Å². The summed E-state index contributed by atoms with van der Waals surface area (Å²) in [6, 6.07) is 12.2. The molecular formula is C32H31F3N8O2. The zero-order valence-corrected chi connectivity index (χ0v) is 25.0. The van der Waals surface area contributed by atoms with Crippen LogP contribution in [0.4, 0.5) is 18.9 Å². The lowest BCUT2D eigenvalue weighted by Gasteiger charge is -2.32. The summed E-state index contributed by atoms with van der Waals surface area (Å²) in [4.78, 5) is 31.0. The van der Waals surface area contributed by atoms with Gasteiger partial charge in [0.05, 0.1) is 5.56 Å². The molecule has 0 radical (unpaired) electrons. The second kappa shape index (κ2) is 12.3. The van der Waals surface area contributed by atoms with Gasteiger partial charge in [-0.3, -0.25) is 19.4 Å². The Kier molecular flexibility index (Phi) is 8.21. The third kappa shape index (κ3) is 6.94. The van der Waals surface area contributed by atoms with Crippen LogP contribution in [0.3, 0.4) is 0 Å². The fraction of sp³-hybridized carbons (Fsp3) is 0.281. The number of nitrogens with zero attached hydrogens (tertiary/aromatic N) is 7. The Balaban J connectivity index is 1.27. The van der Waals surface area contributed by atoms with Gasteiger partial charge in [-0.1, -0.05) is 6.07 Å². The number of carbonyl (C=O) groups is 1. The molecule has 1 aliphatic heterocycles. The number of pyridine rings is 1. The van der Waals surface area contributed by atoms with Gasteiger partial charge in [-0.05, 0) is 67.6 Å². The first-order chi connectivity index (χ1) is 21.5. The highest BCUT2D eigenvalue weighted by molar-refractivity contribution is 6.05. The number of ether oxygens (including phenoxy) is 1. The van der Waals surface area contributed by atoms with E-state index in [-0.39, 0.29) is 17.1 Å². The van der Waals surface area contributed by atoms with Crippen molar-refractivity contribution in [3.8, 4) is 23.0 Å². The van der Waals surface area contributed by atoms with Crippen molar-refractivity contribution in [2.24, 2.45) is 7.05 Å². The monoisotopic (exact) mass is 616 g/mol. The number of aryl methyl sites for hydroxylation is 2. The Bertz CT molecular complexity index is 1850. The third-order valence-corrected chi connectivity index (χ3v) is 7.65. The fourth-order valence-electron chi connectivity index (χ4n) is 5.20. The van der Waals surface area contributed by atoms with E-state index in [0.717, 1.165) is 43.9 Å². The number of halogens is 3. The van der Waals surface area contributed by atoms with E-state index in [2.05, 4.69) is 35.2 Å². The fourth-order valence-corrected chi connectivity index (χ4v) is 5.20. The summed E-state index contributed by atoms with van der Waals surface area (Å²) < 4.78 is 49.3. The molecule has 1 amide bonds. The van der Waals surface area contributed by atoms with Crippen LogP contribution in [0.2, 0.25) is 0 Å². The van der Waals surface area contributed by atoms with Gasteiger partial charge < -0.3 is 15.0 Å². The summed E-state index contributed by atoms with van der Waals surface area (Å²) in [7, 11) is 3.78. The molecule has 10 nitrogen and oxygen atoms in total. The molecule has 6 rings (SSSR count). The van der Waals surface area contributed by atoms with E-state index in [9.17, 15) is 18.0 Å². The lowest BCUT2D eigenvalue weighted by atomic mass is 10.1. The van der Waals surface area contributed by atoms with Crippen LogP contribution in [-0.4, -0.2) is 73.7 Å². The molecule has 13 heteroatoms. The molecule has 0 atom stereocenters. The lowest BCUT2D eigenvalue weighted by molar-refractivity contribution is -0.137. The maximum atomic E-state index is 13.8. The summed E-state index contributed by atoms with van der Waals surface area (Å²) in [6.45, 7) is 5.28. The molecular weight excluding hydrogens is 585 g/mol. The molecule has 2 aromatic carbocycles. The van der Waals surface area contributed by atoms with Gasteiger partial charge in [-0.2, -0.15) is 23.3 Å². The highest BCUT2D eigenvalue weighted by Gasteiger charge is 2.32. The minimum absolute atomic E-state index is 0.0690. The second-order valence-corrected chi connectivity index (χ2v) is 11.2. The van der Waals surface area contributed by atoms with E-state index < -0.39 is 17.6 Å². The zero-order valence-electron chi connectivity index (χ0n) is 25.0. The average molecular weight is 617 g/mol. The second-order valence-electron chi connectivity index (χ2n) is 11.2.